The normalized spacial score (nSPS) is 15.8. The SMILES string of the molecule is CC(C)(C)NC(=O)O[C@H]1CCN(c2nc(Nc3cc(N)cc(C#N)c3)nc3ccccc23)C1. The number of amides is 1. The number of rotatable bonds is 4. The van der Waals surface area contributed by atoms with Crippen LogP contribution in [0.15, 0.2) is 42.5 Å². The molecule has 1 fully saturated rings. The zero-order chi connectivity index (χ0) is 23.6. The van der Waals surface area contributed by atoms with E-state index in [0.717, 1.165) is 16.7 Å². The van der Waals surface area contributed by atoms with Gasteiger partial charge in [0.25, 0.3) is 0 Å². The maximum Gasteiger partial charge on any atom is 0.407 e. The van der Waals surface area contributed by atoms with Gasteiger partial charge < -0.3 is 26.0 Å². The van der Waals surface area contributed by atoms with Crippen molar-refractivity contribution in [3.8, 4) is 6.07 Å². The number of nitrogens with zero attached hydrogens (tertiary/aromatic N) is 4. The molecule has 33 heavy (non-hydrogen) atoms. The first kappa shape index (κ1) is 22.1. The lowest BCUT2D eigenvalue weighted by Crippen LogP contribution is -2.42. The lowest BCUT2D eigenvalue weighted by molar-refractivity contribution is 0.101. The Morgan fingerprint density at radius 2 is 2.03 bits per heavy atom. The van der Waals surface area contributed by atoms with Gasteiger partial charge in [0.05, 0.1) is 23.7 Å². The quantitative estimate of drug-likeness (QED) is 0.515. The summed E-state index contributed by atoms with van der Waals surface area (Å²) < 4.78 is 5.62. The number of nitriles is 1. The van der Waals surface area contributed by atoms with Gasteiger partial charge in [0.15, 0.2) is 0 Å². The number of ether oxygens (including phenoxy) is 1. The smallest absolute Gasteiger partial charge is 0.407 e. The molecule has 0 radical (unpaired) electrons. The van der Waals surface area contributed by atoms with Crippen LogP contribution in [0, 0.1) is 11.3 Å². The maximum absolute atomic E-state index is 12.2. The van der Waals surface area contributed by atoms with E-state index in [1.54, 1.807) is 18.2 Å². The molecule has 1 atom stereocenters. The van der Waals surface area contributed by atoms with Crippen molar-refractivity contribution in [2.24, 2.45) is 0 Å². The summed E-state index contributed by atoms with van der Waals surface area (Å²) in [7, 11) is 0. The van der Waals surface area contributed by atoms with E-state index in [4.69, 9.17) is 15.5 Å². The summed E-state index contributed by atoms with van der Waals surface area (Å²) in [5, 5.41) is 16.1. The molecule has 1 aromatic heterocycles. The number of fused-ring (bicyclic) bond motifs is 1. The number of hydrogen-bond donors (Lipinski definition) is 3. The van der Waals surface area contributed by atoms with Gasteiger partial charge in [0, 0.05) is 35.3 Å². The van der Waals surface area contributed by atoms with Crippen LogP contribution >= 0.6 is 0 Å². The number of alkyl carbamates (subject to hydrolysis) is 1. The Bertz CT molecular complexity index is 1230. The molecule has 0 bridgehead atoms. The molecule has 3 aromatic rings. The number of nitrogens with one attached hydrogen (secondary N) is 2. The average molecular weight is 446 g/mol. The molecule has 4 N–H and O–H groups in total. The Morgan fingerprint density at radius 3 is 2.79 bits per heavy atom. The Balaban J connectivity index is 1.58. The van der Waals surface area contributed by atoms with Crippen molar-refractivity contribution in [3.05, 3.63) is 48.0 Å². The van der Waals surface area contributed by atoms with Crippen LogP contribution in [0.1, 0.15) is 32.8 Å². The van der Waals surface area contributed by atoms with E-state index < -0.39 is 6.09 Å². The molecule has 1 amide bonds. The molecule has 170 valence electrons. The second kappa shape index (κ2) is 8.82. The summed E-state index contributed by atoms with van der Waals surface area (Å²) in [6.07, 6.45) is 0.0585. The molecule has 2 aromatic carbocycles. The molecule has 0 spiro atoms. The number of aromatic nitrogens is 2. The van der Waals surface area contributed by atoms with Crippen molar-refractivity contribution in [1.82, 2.24) is 15.3 Å². The first-order valence-electron chi connectivity index (χ1n) is 10.8. The van der Waals surface area contributed by atoms with Crippen LogP contribution in [0.5, 0.6) is 0 Å². The highest BCUT2D eigenvalue weighted by atomic mass is 16.6. The Hall–Kier alpha value is -4.06. The standard InChI is InChI=1S/C24H27N7O2/c1-24(2,3)30-23(32)33-18-8-9-31(14-18)21-19-6-4-5-7-20(19)28-22(29-21)27-17-11-15(13-25)10-16(26)12-17/h4-7,10-12,18H,8-9,14,26H2,1-3H3,(H,30,32)(H,27,28,29)/t18-/m0/s1. The average Bonchev–Trinajstić information content (AvgIpc) is 3.19. The van der Waals surface area contributed by atoms with E-state index in [1.807, 2.05) is 45.0 Å². The Morgan fingerprint density at radius 1 is 1.24 bits per heavy atom. The van der Waals surface area contributed by atoms with Crippen molar-refractivity contribution in [2.45, 2.75) is 38.8 Å². The highest BCUT2D eigenvalue weighted by Gasteiger charge is 2.29. The van der Waals surface area contributed by atoms with Crippen LogP contribution in [0.25, 0.3) is 10.9 Å². The van der Waals surface area contributed by atoms with Crippen molar-refractivity contribution in [1.29, 1.82) is 5.26 Å². The summed E-state index contributed by atoms with van der Waals surface area (Å²) in [4.78, 5) is 23.7. The van der Waals surface area contributed by atoms with Crippen LogP contribution in [0.4, 0.5) is 27.9 Å². The Kier molecular flexibility index (Phi) is 5.92. The number of hydrogen-bond acceptors (Lipinski definition) is 8. The first-order chi connectivity index (χ1) is 15.7. The second-order valence-electron chi connectivity index (χ2n) is 9.11. The van der Waals surface area contributed by atoms with Gasteiger partial charge in [-0.05, 0) is 51.1 Å². The monoisotopic (exact) mass is 445 g/mol. The fourth-order valence-corrected chi connectivity index (χ4v) is 3.78. The lowest BCUT2D eigenvalue weighted by Gasteiger charge is -2.23. The molecule has 9 nitrogen and oxygen atoms in total. The van der Waals surface area contributed by atoms with E-state index in [-0.39, 0.29) is 11.6 Å². The number of carbonyl (C=O) groups excluding carboxylic acids is 1. The van der Waals surface area contributed by atoms with Gasteiger partial charge in [-0.15, -0.1) is 0 Å². The fraction of sp³-hybridized carbons (Fsp3) is 0.333. The van der Waals surface area contributed by atoms with Crippen LogP contribution in [-0.2, 0) is 4.74 Å². The molecule has 4 rings (SSSR count). The van der Waals surface area contributed by atoms with Gasteiger partial charge >= 0.3 is 6.09 Å². The third-order valence-corrected chi connectivity index (χ3v) is 5.12. The van der Waals surface area contributed by atoms with Gasteiger partial charge in [-0.25, -0.2) is 9.78 Å². The highest BCUT2D eigenvalue weighted by Crippen LogP contribution is 2.30. The topological polar surface area (TPSA) is 129 Å². The molecule has 1 saturated heterocycles. The largest absolute Gasteiger partial charge is 0.444 e. The van der Waals surface area contributed by atoms with Gasteiger partial charge in [-0.3, -0.25) is 0 Å². The number of nitrogens with two attached hydrogens (primary N) is 1. The molecule has 1 aliphatic rings. The number of carbonyl (C=O) groups is 1. The lowest BCUT2D eigenvalue weighted by atomic mass is 10.1. The molecule has 0 saturated carbocycles. The van der Waals surface area contributed by atoms with E-state index in [9.17, 15) is 10.1 Å². The second-order valence-corrected chi connectivity index (χ2v) is 9.11. The number of benzene rings is 2. The Labute approximate surface area is 192 Å². The molecule has 2 heterocycles. The predicted octanol–water partition coefficient (Wildman–Crippen LogP) is 3.93. The number of para-hydroxylation sites is 1. The predicted molar refractivity (Wildman–Crippen MR) is 128 cm³/mol. The third-order valence-electron chi connectivity index (χ3n) is 5.12. The van der Waals surface area contributed by atoms with Crippen molar-refractivity contribution < 1.29 is 9.53 Å². The van der Waals surface area contributed by atoms with E-state index in [0.29, 0.717) is 42.4 Å². The molecule has 1 aliphatic heterocycles. The summed E-state index contributed by atoms with van der Waals surface area (Å²) >= 11 is 0. The van der Waals surface area contributed by atoms with Crippen LogP contribution in [-0.4, -0.2) is 40.8 Å². The maximum atomic E-state index is 12.2. The number of nitrogen functional groups attached to an aromatic ring is 1. The molecular formula is C24H27N7O2. The molecule has 9 heteroatoms. The van der Waals surface area contributed by atoms with Crippen molar-refractivity contribution >= 4 is 40.1 Å². The summed E-state index contributed by atoms with van der Waals surface area (Å²) in [5.41, 5.74) is 7.90. The van der Waals surface area contributed by atoms with E-state index >= 15 is 0 Å². The minimum atomic E-state index is -0.417. The number of anilines is 4. The van der Waals surface area contributed by atoms with Gasteiger partial charge in [0.1, 0.15) is 11.9 Å². The minimum Gasteiger partial charge on any atom is -0.444 e. The van der Waals surface area contributed by atoms with Crippen LogP contribution < -0.4 is 21.3 Å². The molecule has 0 aliphatic carbocycles. The molecular weight excluding hydrogens is 418 g/mol. The minimum absolute atomic E-state index is 0.232. The van der Waals surface area contributed by atoms with Crippen molar-refractivity contribution in [2.75, 3.05) is 29.0 Å². The summed E-state index contributed by atoms with van der Waals surface area (Å²) in [6, 6.07) is 14.9. The summed E-state index contributed by atoms with van der Waals surface area (Å²) in [6.45, 7) is 6.98. The van der Waals surface area contributed by atoms with E-state index in [1.165, 1.54) is 0 Å². The first-order valence-corrected chi connectivity index (χ1v) is 10.8. The highest BCUT2D eigenvalue weighted by molar-refractivity contribution is 5.91. The van der Waals surface area contributed by atoms with Crippen LogP contribution in [0.2, 0.25) is 0 Å². The zero-order valence-corrected chi connectivity index (χ0v) is 18.9. The fourth-order valence-electron chi connectivity index (χ4n) is 3.78. The van der Waals surface area contributed by atoms with Crippen LogP contribution in [0.3, 0.4) is 0 Å². The molecule has 0 unspecified atom stereocenters. The third kappa shape index (κ3) is 5.41. The van der Waals surface area contributed by atoms with E-state index in [2.05, 4.69) is 26.6 Å². The van der Waals surface area contributed by atoms with Gasteiger partial charge in [0.2, 0.25) is 5.95 Å². The van der Waals surface area contributed by atoms with Gasteiger partial charge in [-0.1, -0.05) is 12.1 Å². The summed E-state index contributed by atoms with van der Waals surface area (Å²) in [5.74, 6) is 1.16. The van der Waals surface area contributed by atoms with Gasteiger partial charge in [-0.2, -0.15) is 10.2 Å². The van der Waals surface area contributed by atoms with Crippen molar-refractivity contribution in [3.63, 3.8) is 0 Å². The zero-order valence-electron chi connectivity index (χ0n) is 18.9.